The van der Waals surface area contributed by atoms with Crippen molar-refractivity contribution in [3.05, 3.63) is 6.33 Å². The number of carbonyl (C=O) groups excluding carboxylic acids is 1. The molecule has 0 aromatic carbocycles. The minimum Gasteiger partial charge on any atom is -0.476 e. The lowest BCUT2D eigenvalue weighted by Gasteiger charge is -2.18. The molecule has 0 radical (unpaired) electrons. The van der Waals surface area contributed by atoms with Crippen LogP contribution in [0, 0.1) is 5.92 Å². The minimum atomic E-state index is -0.405. The zero-order valence-electron chi connectivity index (χ0n) is 20.1. The van der Waals surface area contributed by atoms with Gasteiger partial charge in [0.05, 0.1) is 37.6 Å². The van der Waals surface area contributed by atoms with Crippen molar-refractivity contribution >= 4 is 32.3 Å². The highest BCUT2D eigenvalue weighted by Gasteiger charge is 2.44. The molecule has 4 atom stereocenters. The van der Waals surface area contributed by atoms with Crippen molar-refractivity contribution in [3.8, 4) is 5.88 Å². The average molecular weight is 480 g/mol. The minimum absolute atomic E-state index is 0.111. The fourth-order valence-electron chi connectivity index (χ4n) is 3.99. The number of fused-ring (bicyclic) bond motifs is 1. The summed E-state index contributed by atoms with van der Waals surface area (Å²) >= 11 is 0. The van der Waals surface area contributed by atoms with Gasteiger partial charge in [0.2, 0.25) is 11.8 Å². The average Bonchev–Trinajstić information content (AvgIpc) is 3.38. The van der Waals surface area contributed by atoms with Gasteiger partial charge in [-0.05, 0) is 28.7 Å². The van der Waals surface area contributed by atoms with Gasteiger partial charge in [0.15, 0.2) is 16.9 Å². The topological polar surface area (TPSA) is 100 Å². The zero-order chi connectivity index (χ0) is 23.6. The summed E-state index contributed by atoms with van der Waals surface area (Å²) in [5.41, 5.74) is 1.15. The van der Waals surface area contributed by atoms with Gasteiger partial charge >= 0.3 is 0 Å². The van der Waals surface area contributed by atoms with Crippen LogP contribution in [0.2, 0.25) is 0 Å². The number of ketones is 1. The monoisotopic (exact) mass is 479 g/mol. The van der Waals surface area contributed by atoms with Crippen LogP contribution < -0.4 is 9.82 Å². The molecule has 10 heteroatoms. The Bertz CT molecular complexity index is 893. The summed E-state index contributed by atoms with van der Waals surface area (Å²) in [5, 5.41) is 2.90. The molecule has 1 fully saturated rings. The number of aromatic nitrogens is 4. The van der Waals surface area contributed by atoms with Gasteiger partial charge in [0, 0.05) is 19.6 Å². The van der Waals surface area contributed by atoms with Crippen LogP contribution in [0.1, 0.15) is 71.8 Å². The molecule has 2 aromatic rings. The summed E-state index contributed by atoms with van der Waals surface area (Å²) < 4.78 is 19.7. The first-order valence-corrected chi connectivity index (χ1v) is 12.8. The van der Waals surface area contributed by atoms with Crippen LogP contribution in [0.15, 0.2) is 6.33 Å². The highest BCUT2D eigenvalue weighted by molar-refractivity contribution is 7.18. The Kier molecular flexibility index (Phi) is 10.3. The highest BCUT2D eigenvalue weighted by Crippen LogP contribution is 2.37. The fourth-order valence-corrected chi connectivity index (χ4v) is 4.12. The Hall–Kier alpha value is -1.83. The third-order valence-corrected chi connectivity index (χ3v) is 6.22. The number of imidazole rings is 1. The van der Waals surface area contributed by atoms with Crippen LogP contribution >= 0.6 is 9.39 Å². The van der Waals surface area contributed by atoms with E-state index < -0.39 is 6.04 Å². The first-order valence-electron chi connectivity index (χ1n) is 12.2. The van der Waals surface area contributed by atoms with E-state index in [-0.39, 0.29) is 17.8 Å². The molecule has 2 aromatic heterocycles. The first kappa shape index (κ1) is 25.8. The van der Waals surface area contributed by atoms with Crippen LogP contribution in [0.4, 0.5) is 5.95 Å². The number of ether oxygens (including phenoxy) is 3. The Morgan fingerprint density at radius 1 is 1.09 bits per heavy atom. The van der Waals surface area contributed by atoms with E-state index in [1.807, 2.05) is 4.57 Å². The Morgan fingerprint density at radius 2 is 1.82 bits per heavy atom. The van der Waals surface area contributed by atoms with Crippen LogP contribution in [0.3, 0.4) is 0 Å². The largest absolute Gasteiger partial charge is 0.476 e. The molecule has 0 aliphatic heterocycles. The SMILES string of the molecule is CCCCOC[C@H]1C(=O)[C@@H](n2cnc3c(OCCCC)nc(NP)nc32)C[C@@H]1OCCCC. The number of carbonyl (C=O) groups is 1. The molecule has 0 bridgehead atoms. The normalized spacial score (nSPS) is 20.6. The molecule has 2 heterocycles. The number of nitrogens with zero attached hydrogens (tertiary/aromatic N) is 4. The molecular formula is C23H38N5O4P. The smallest absolute Gasteiger partial charge is 0.247 e. The quantitative estimate of drug-likeness (QED) is 0.297. The van der Waals surface area contributed by atoms with Gasteiger partial charge in [-0.3, -0.25) is 4.79 Å². The zero-order valence-corrected chi connectivity index (χ0v) is 21.2. The predicted octanol–water partition coefficient (Wildman–Crippen LogP) is 4.34. The fraction of sp³-hybridized carbons (Fsp3) is 0.739. The number of hydrogen-bond donors (Lipinski definition) is 1. The molecule has 1 aliphatic carbocycles. The molecule has 184 valence electrons. The molecule has 0 amide bonds. The summed E-state index contributed by atoms with van der Waals surface area (Å²) in [7, 11) is 2.40. The van der Waals surface area contributed by atoms with E-state index in [1.54, 1.807) is 6.33 Å². The van der Waals surface area contributed by atoms with Crippen LogP contribution in [0.25, 0.3) is 11.2 Å². The van der Waals surface area contributed by atoms with Gasteiger partial charge in [0.25, 0.3) is 0 Å². The summed E-state index contributed by atoms with van der Waals surface area (Å²) in [5.74, 6) is 0.654. The maximum atomic E-state index is 13.5. The van der Waals surface area contributed by atoms with E-state index in [0.29, 0.717) is 55.8 Å². The van der Waals surface area contributed by atoms with E-state index in [4.69, 9.17) is 14.2 Å². The molecular weight excluding hydrogens is 441 g/mol. The second-order valence-corrected chi connectivity index (χ2v) is 8.76. The first-order chi connectivity index (χ1) is 16.1. The maximum Gasteiger partial charge on any atom is 0.247 e. The van der Waals surface area contributed by atoms with Crippen LogP contribution in [-0.4, -0.2) is 57.8 Å². The van der Waals surface area contributed by atoms with E-state index in [9.17, 15) is 4.79 Å². The maximum absolute atomic E-state index is 13.5. The van der Waals surface area contributed by atoms with Crippen molar-refractivity contribution in [2.24, 2.45) is 5.92 Å². The number of unbranched alkanes of at least 4 members (excludes halogenated alkanes) is 3. The van der Waals surface area contributed by atoms with E-state index in [1.165, 1.54) is 0 Å². The summed E-state index contributed by atoms with van der Waals surface area (Å²) in [4.78, 5) is 27.0. The van der Waals surface area contributed by atoms with Crippen molar-refractivity contribution in [1.82, 2.24) is 19.5 Å². The molecule has 9 nitrogen and oxygen atoms in total. The van der Waals surface area contributed by atoms with E-state index >= 15 is 0 Å². The van der Waals surface area contributed by atoms with Gasteiger partial charge in [-0.1, -0.05) is 40.0 Å². The molecule has 3 rings (SSSR count). The Balaban J connectivity index is 1.86. The lowest BCUT2D eigenvalue weighted by Crippen LogP contribution is -2.28. The summed E-state index contributed by atoms with van der Waals surface area (Å²) in [6.07, 6.45) is 8.10. The van der Waals surface area contributed by atoms with E-state index in [0.717, 1.165) is 38.5 Å². The Morgan fingerprint density at radius 3 is 2.55 bits per heavy atom. The van der Waals surface area contributed by atoms with Crippen LogP contribution in [-0.2, 0) is 14.3 Å². The third-order valence-electron chi connectivity index (χ3n) is 5.96. The van der Waals surface area contributed by atoms with Crippen molar-refractivity contribution in [2.75, 3.05) is 31.5 Å². The molecule has 1 saturated carbocycles. The lowest BCUT2D eigenvalue weighted by atomic mass is 10.1. The van der Waals surface area contributed by atoms with Gasteiger partial charge in [0.1, 0.15) is 0 Å². The molecule has 0 saturated heterocycles. The molecule has 0 spiro atoms. The molecule has 1 unspecified atom stereocenters. The highest BCUT2D eigenvalue weighted by atomic mass is 31.0. The van der Waals surface area contributed by atoms with Crippen molar-refractivity contribution in [1.29, 1.82) is 0 Å². The van der Waals surface area contributed by atoms with Gasteiger partial charge < -0.3 is 23.9 Å². The Labute approximate surface area is 198 Å². The lowest BCUT2D eigenvalue weighted by molar-refractivity contribution is -0.127. The number of nitrogens with one attached hydrogen (secondary N) is 1. The van der Waals surface area contributed by atoms with Gasteiger partial charge in [-0.25, -0.2) is 4.98 Å². The summed E-state index contributed by atoms with van der Waals surface area (Å²) in [6, 6.07) is -0.405. The number of anilines is 1. The third kappa shape index (κ3) is 6.40. The van der Waals surface area contributed by atoms with Gasteiger partial charge in [-0.2, -0.15) is 9.97 Å². The van der Waals surface area contributed by atoms with Crippen molar-refractivity contribution < 1.29 is 19.0 Å². The van der Waals surface area contributed by atoms with Crippen molar-refractivity contribution in [2.45, 2.75) is 77.9 Å². The number of hydrogen-bond acceptors (Lipinski definition) is 8. The van der Waals surface area contributed by atoms with Crippen molar-refractivity contribution in [3.63, 3.8) is 0 Å². The van der Waals surface area contributed by atoms with Gasteiger partial charge in [-0.15, -0.1) is 0 Å². The number of Topliss-reactive ketones (excluding diaryl/α,β-unsaturated/α-hetero) is 1. The second-order valence-electron chi connectivity index (χ2n) is 8.47. The standard InChI is InChI=1S/C23H38N5O4P/c1-4-7-10-30-14-16-18(31-11-8-5-2)13-17(20(16)29)28-15-24-19-21(28)25-23(27-33)26-22(19)32-12-9-6-3/h15-18H,4-14,33H2,1-3H3,(H,25,26,27)/t16-,17+,18+/m1/s1. The molecule has 33 heavy (non-hydrogen) atoms. The number of rotatable bonds is 15. The van der Waals surface area contributed by atoms with E-state index in [2.05, 4.69) is 50.2 Å². The second kappa shape index (κ2) is 13.2. The predicted molar refractivity (Wildman–Crippen MR) is 132 cm³/mol. The molecule has 1 aliphatic rings. The summed E-state index contributed by atoms with van der Waals surface area (Å²) in [6.45, 7) is 8.62. The molecule has 1 N–H and O–H groups in total. The van der Waals surface area contributed by atoms with Crippen LogP contribution in [0.5, 0.6) is 5.88 Å².